The van der Waals surface area contributed by atoms with Crippen LogP contribution < -0.4 is 11.1 Å². The molecule has 0 aromatic carbocycles. The van der Waals surface area contributed by atoms with E-state index in [9.17, 15) is 4.79 Å². The Morgan fingerprint density at radius 2 is 2.00 bits per heavy atom. The number of carboxylic acids is 1. The topological polar surface area (TPSA) is 75.3 Å². The minimum absolute atomic E-state index is 0.113. The SMILES string of the molecule is CC(C)(C)CN[C@@H](CCCCN)C(=O)O. The third-order valence-corrected chi connectivity index (χ3v) is 2.12. The van der Waals surface area contributed by atoms with Gasteiger partial charge in [-0.05, 0) is 24.8 Å². The molecule has 0 aromatic heterocycles. The maximum Gasteiger partial charge on any atom is 0.320 e. The van der Waals surface area contributed by atoms with Crippen LogP contribution in [0.3, 0.4) is 0 Å². The quantitative estimate of drug-likeness (QED) is 0.559. The van der Waals surface area contributed by atoms with Crippen LogP contribution in [0.5, 0.6) is 0 Å². The molecule has 0 saturated carbocycles. The maximum absolute atomic E-state index is 10.9. The van der Waals surface area contributed by atoms with E-state index in [1.54, 1.807) is 0 Å². The number of aliphatic carboxylic acids is 1. The van der Waals surface area contributed by atoms with Crippen LogP contribution in [0.1, 0.15) is 40.0 Å². The van der Waals surface area contributed by atoms with Gasteiger partial charge in [-0.1, -0.05) is 27.2 Å². The summed E-state index contributed by atoms with van der Waals surface area (Å²) in [6, 6.07) is -0.434. The molecule has 1 atom stereocenters. The lowest BCUT2D eigenvalue weighted by Crippen LogP contribution is -2.41. The molecule has 0 radical (unpaired) electrons. The molecule has 0 spiro atoms. The monoisotopic (exact) mass is 216 g/mol. The van der Waals surface area contributed by atoms with E-state index in [0.29, 0.717) is 19.5 Å². The summed E-state index contributed by atoms with van der Waals surface area (Å²) < 4.78 is 0. The number of carboxylic acid groups (broad SMARTS) is 1. The van der Waals surface area contributed by atoms with Crippen molar-refractivity contribution in [1.29, 1.82) is 0 Å². The molecule has 0 aliphatic heterocycles. The average molecular weight is 216 g/mol. The second kappa shape index (κ2) is 6.80. The number of hydrogen-bond donors (Lipinski definition) is 3. The smallest absolute Gasteiger partial charge is 0.320 e. The third-order valence-electron chi connectivity index (χ3n) is 2.12. The molecule has 4 heteroatoms. The van der Waals surface area contributed by atoms with Crippen LogP contribution in [0, 0.1) is 5.41 Å². The first kappa shape index (κ1) is 14.4. The van der Waals surface area contributed by atoms with Gasteiger partial charge in [-0.3, -0.25) is 4.79 Å². The van der Waals surface area contributed by atoms with Crippen molar-refractivity contribution in [2.75, 3.05) is 13.1 Å². The Morgan fingerprint density at radius 3 is 2.40 bits per heavy atom. The highest BCUT2D eigenvalue weighted by Crippen LogP contribution is 2.11. The normalized spacial score (nSPS) is 13.9. The molecule has 90 valence electrons. The summed E-state index contributed by atoms with van der Waals surface area (Å²) in [5, 5.41) is 12.1. The predicted octanol–water partition coefficient (Wildman–Crippen LogP) is 1.20. The molecule has 0 bridgehead atoms. The standard InChI is InChI=1S/C11H24N2O2/c1-11(2,3)8-13-9(10(14)15)6-4-5-7-12/h9,13H,4-8,12H2,1-3H3,(H,14,15)/t9-/m0/s1. The molecule has 0 aliphatic rings. The van der Waals surface area contributed by atoms with Crippen LogP contribution >= 0.6 is 0 Å². The van der Waals surface area contributed by atoms with Crippen LogP contribution in [0.4, 0.5) is 0 Å². The van der Waals surface area contributed by atoms with E-state index >= 15 is 0 Å². The number of rotatable bonds is 7. The van der Waals surface area contributed by atoms with E-state index in [0.717, 1.165) is 12.8 Å². The average Bonchev–Trinajstić information content (AvgIpc) is 2.08. The molecule has 0 saturated heterocycles. The number of nitrogens with one attached hydrogen (secondary N) is 1. The first-order valence-corrected chi connectivity index (χ1v) is 5.53. The number of nitrogens with two attached hydrogens (primary N) is 1. The molecular formula is C11H24N2O2. The predicted molar refractivity (Wildman–Crippen MR) is 61.8 cm³/mol. The fraction of sp³-hybridized carbons (Fsp3) is 0.909. The summed E-state index contributed by atoms with van der Waals surface area (Å²) in [6.07, 6.45) is 2.41. The van der Waals surface area contributed by atoms with Gasteiger partial charge in [0.15, 0.2) is 0 Å². The van der Waals surface area contributed by atoms with E-state index in [4.69, 9.17) is 10.8 Å². The van der Waals surface area contributed by atoms with E-state index in [1.807, 2.05) is 0 Å². The van der Waals surface area contributed by atoms with Gasteiger partial charge in [0.2, 0.25) is 0 Å². The lowest BCUT2D eigenvalue weighted by atomic mass is 9.96. The Labute approximate surface area is 92.2 Å². The highest BCUT2D eigenvalue weighted by Gasteiger charge is 2.19. The highest BCUT2D eigenvalue weighted by atomic mass is 16.4. The highest BCUT2D eigenvalue weighted by molar-refractivity contribution is 5.73. The molecule has 0 aromatic rings. The number of carbonyl (C=O) groups is 1. The first-order chi connectivity index (χ1) is 6.87. The van der Waals surface area contributed by atoms with Crippen molar-refractivity contribution in [3.63, 3.8) is 0 Å². The number of hydrogen-bond acceptors (Lipinski definition) is 3. The minimum Gasteiger partial charge on any atom is -0.480 e. The van der Waals surface area contributed by atoms with Gasteiger partial charge in [-0.25, -0.2) is 0 Å². The lowest BCUT2D eigenvalue weighted by molar-refractivity contribution is -0.139. The molecule has 0 fully saturated rings. The van der Waals surface area contributed by atoms with Crippen molar-refractivity contribution in [2.45, 2.75) is 46.1 Å². The summed E-state index contributed by atoms with van der Waals surface area (Å²) in [5.41, 5.74) is 5.48. The third kappa shape index (κ3) is 8.39. The lowest BCUT2D eigenvalue weighted by Gasteiger charge is -2.22. The van der Waals surface area contributed by atoms with E-state index in [2.05, 4.69) is 26.1 Å². The zero-order valence-electron chi connectivity index (χ0n) is 10.0. The minimum atomic E-state index is -0.767. The van der Waals surface area contributed by atoms with Crippen molar-refractivity contribution in [3.05, 3.63) is 0 Å². The van der Waals surface area contributed by atoms with Gasteiger partial charge in [0.05, 0.1) is 0 Å². The molecular weight excluding hydrogens is 192 g/mol. The summed E-state index contributed by atoms with van der Waals surface area (Å²) in [7, 11) is 0. The van der Waals surface area contributed by atoms with Gasteiger partial charge in [-0.15, -0.1) is 0 Å². The Morgan fingerprint density at radius 1 is 1.40 bits per heavy atom. The summed E-state index contributed by atoms with van der Waals surface area (Å²) in [4.78, 5) is 10.9. The fourth-order valence-corrected chi connectivity index (χ4v) is 1.24. The van der Waals surface area contributed by atoms with Crippen molar-refractivity contribution in [1.82, 2.24) is 5.32 Å². The van der Waals surface area contributed by atoms with Crippen LogP contribution in [-0.4, -0.2) is 30.2 Å². The second-order valence-corrected chi connectivity index (χ2v) is 5.12. The Hall–Kier alpha value is -0.610. The van der Waals surface area contributed by atoms with Crippen molar-refractivity contribution < 1.29 is 9.90 Å². The van der Waals surface area contributed by atoms with Gasteiger partial charge in [0.1, 0.15) is 6.04 Å². The fourth-order valence-electron chi connectivity index (χ4n) is 1.24. The molecule has 4 nitrogen and oxygen atoms in total. The van der Waals surface area contributed by atoms with E-state index in [1.165, 1.54) is 0 Å². The van der Waals surface area contributed by atoms with Crippen LogP contribution in [-0.2, 0) is 4.79 Å². The van der Waals surface area contributed by atoms with Crippen LogP contribution in [0.25, 0.3) is 0 Å². The van der Waals surface area contributed by atoms with Gasteiger partial charge >= 0.3 is 5.97 Å². The van der Waals surface area contributed by atoms with Crippen LogP contribution in [0.15, 0.2) is 0 Å². The van der Waals surface area contributed by atoms with E-state index < -0.39 is 12.0 Å². The molecule has 0 rings (SSSR count). The molecule has 4 N–H and O–H groups in total. The Balaban J connectivity index is 3.89. The zero-order valence-corrected chi connectivity index (χ0v) is 10.0. The summed E-state index contributed by atoms with van der Waals surface area (Å²) in [5.74, 6) is -0.767. The summed E-state index contributed by atoms with van der Waals surface area (Å²) in [6.45, 7) is 7.59. The van der Waals surface area contributed by atoms with Gasteiger partial charge in [0.25, 0.3) is 0 Å². The number of unbranched alkanes of at least 4 members (excludes halogenated alkanes) is 1. The first-order valence-electron chi connectivity index (χ1n) is 5.53. The maximum atomic E-state index is 10.9. The van der Waals surface area contributed by atoms with Crippen molar-refractivity contribution >= 4 is 5.97 Å². The van der Waals surface area contributed by atoms with Gasteiger partial charge in [-0.2, -0.15) is 0 Å². The molecule has 0 aliphatic carbocycles. The molecule has 0 heterocycles. The molecule has 0 amide bonds. The van der Waals surface area contributed by atoms with Crippen molar-refractivity contribution in [2.24, 2.45) is 11.1 Å². The van der Waals surface area contributed by atoms with E-state index in [-0.39, 0.29) is 5.41 Å². The van der Waals surface area contributed by atoms with Gasteiger partial charge in [0, 0.05) is 6.54 Å². The zero-order chi connectivity index (χ0) is 11.9. The molecule has 0 unspecified atom stereocenters. The Bertz CT molecular complexity index is 188. The van der Waals surface area contributed by atoms with Gasteiger partial charge < -0.3 is 16.2 Å². The second-order valence-electron chi connectivity index (χ2n) is 5.12. The van der Waals surface area contributed by atoms with Crippen molar-refractivity contribution in [3.8, 4) is 0 Å². The summed E-state index contributed by atoms with van der Waals surface area (Å²) >= 11 is 0. The largest absolute Gasteiger partial charge is 0.480 e. The van der Waals surface area contributed by atoms with Crippen LogP contribution in [0.2, 0.25) is 0 Å². The Kier molecular flexibility index (Phi) is 6.52. The molecule has 15 heavy (non-hydrogen) atoms.